The van der Waals surface area contributed by atoms with Gasteiger partial charge in [0.25, 0.3) is 0 Å². The van der Waals surface area contributed by atoms with Crippen LogP contribution in [-0.4, -0.2) is 10.2 Å². The minimum atomic E-state index is 0.171. The van der Waals surface area contributed by atoms with Crippen LogP contribution in [0.25, 0.3) is 0 Å². The van der Waals surface area contributed by atoms with Gasteiger partial charge in [0.1, 0.15) is 0 Å². The number of H-pyrrole nitrogens is 1. The van der Waals surface area contributed by atoms with E-state index in [1.807, 2.05) is 0 Å². The standard InChI is InChI=1S/C12H20N2/c1-8-5-9(6-8)10-7-11(14-13-10)12(2,3)4/h7-9H,5-6H2,1-4H3,(H,13,14). The molecule has 0 unspecified atom stereocenters. The number of hydrogen-bond donors (Lipinski definition) is 1. The van der Waals surface area contributed by atoms with E-state index in [0.717, 1.165) is 11.8 Å². The van der Waals surface area contributed by atoms with Gasteiger partial charge in [-0.2, -0.15) is 5.10 Å². The lowest BCUT2D eigenvalue weighted by Crippen LogP contribution is -2.19. The van der Waals surface area contributed by atoms with Crippen molar-refractivity contribution in [1.29, 1.82) is 0 Å². The van der Waals surface area contributed by atoms with Crippen molar-refractivity contribution in [1.82, 2.24) is 10.2 Å². The van der Waals surface area contributed by atoms with E-state index in [9.17, 15) is 0 Å². The molecule has 0 spiro atoms. The van der Waals surface area contributed by atoms with Crippen molar-refractivity contribution in [3.8, 4) is 0 Å². The predicted octanol–water partition coefficient (Wildman–Crippen LogP) is 3.22. The highest BCUT2D eigenvalue weighted by molar-refractivity contribution is 5.20. The topological polar surface area (TPSA) is 28.7 Å². The van der Waals surface area contributed by atoms with Crippen LogP contribution in [0.15, 0.2) is 6.07 Å². The molecule has 1 aromatic heterocycles. The summed E-state index contributed by atoms with van der Waals surface area (Å²) in [7, 11) is 0. The zero-order valence-electron chi connectivity index (χ0n) is 9.59. The van der Waals surface area contributed by atoms with Gasteiger partial charge >= 0.3 is 0 Å². The molecule has 0 amide bonds. The van der Waals surface area contributed by atoms with E-state index in [1.165, 1.54) is 24.2 Å². The van der Waals surface area contributed by atoms with Crippen LogP contribution in [0.1, 0.15) is 57.8 Å². The summed E-state index contributed by atoms with van der Waals surface area (Å²) in [5.74, 6) is 1.65. The van der Waals surface area contributed by atoms with Gasteiger partial charge in [-0.1, -0.05) is 27.7 Å². The smallest absolute Gasteiger partial charge is 0.0678 e. The predicted molar refractivity (Wildman–Crippen MR) is 58.4 cm³/mol. The fraction of sp³-hybridized carbons (Fsp3) is 0.750. The fourth-order valence-electron chi connectivity index (χ4n) is 2.09. The monoisotopic (exact) mass is 192 g/mol. The van der Waals surface area contributed by atoms with Crippen molar-refractivity contribution in [2.45, 2.75) is 51.9 Å². The van der Waals surface area contributed by atoms with E-state index in [4.69, 9.17) is 0 Å². The summed E-state index contributed by atoms with van der Waals surface area (Å²) < 4.78 is 0. The highest BCUT2D eigenvalue weighted by Gasteiger charge is 2.29. The van der Waals surface area contributed by atoms with Crippen molar-refractivity contribution in [2.24, 2.45) is 5.92 Å². The molecule has 1 N–H and O–H groups in total. The van der Waals surface area contributed by atoms with Crippen molar-refractivity contribution in [3.05, 3.63) is 17.5 Å². The van der Waals surface area contributed by atoms with Gasteiger partial charge in [-0.3, -0.25) is 5.10 Å². The first kappa shape index (κ1) is 9.75. The molecule has 0 aromatic carbocycles. The molecule has 1 saturated carbocycles. The molecule has 1 heterocycles. The molecule has 0 atom stereocenters. The van der Waals surface area contributed by atoms with Gasteiger partial charge in [-0.15, -0.1) is 0 Å². The summed E-state index contributed by atoms with van der Waals surface area (Å²) in [6.45, 7) is 8.93. The SMILES string of the molecule is CC1CC(c2cc(C(C)(C)C)n[nH]2)C1. The second kappa shape index (κ2) is 3.11. The molecular weight excluding hydrogens is 172 g/mol. The summed E-state index contributed by atoms with van der Waals surface area (Å²) in [6.07, 6.45) is 2.65. The van der Waals surface area contributed by atoms with Crippen LogP contribution in [0.3, 0.4) is 0 Å². The minimum Gasteiger partial charge on any atom is -0.282 e. The number of aromatic nitrogens is 2. The van der Waals surface area contributed by atoms with Gasteiger partial charge in [0, 0.05) is 17.0 Å². The molecule has 2 nitrogen and oxygen atoms in total. The van der Waals surface area contributed by atoms with Crippen molar-refractivity contribution < 1.29 is 0 Å². The van der Waals surface area contributed by atoms with Crippen LogP contribution in [-0.2, 0) is 5.41 Å². The number of rotatable bonds is 1. The molecule has 1 aliphatic rings. The summed E-state index contributed by atoms with van der Waals surface area (Å²) in [6, 6.07) is 2.25. The molecule has 2 rings (SSSR count). The first-order chi connectivity index (χ1) is 6.47. The Balaban J connectivity index is 2.11. The van der Waals surface area contributed by atoms with E-state index in [2.05, 4.69) is 44.0 Å². The molecule has 1 fully saturated rings. The van der Waals surface area contributed by atoms with Gasteiger partial charge in [0.2, 0.25) is 0 Å². The molecule has 0 saturated heterocycles. The summed E-state index contributed by atoms with van der Waals surface area (Å²) in [4.78, 5) is 0. The zero-order valence-corrected chi connectivity index (χ0v) is 9.59. The Morgan fingerprint density at radius 2 is 2.00 bits per heavy atom. The molecule has 1 aromatic rings. The van der Waals surface area contributed by atoms with Crippen LogP contribution in [0.4, 0.5) is 0 Å². The third-order valence-corrected chi connectivity index (χ3v) is 3.18. The molecule has 0 aliphatic heterocycles. The van der Waals surface area contributed by atoms with Crippen molar-refractivity contribution >= 4 is 0 Å². The zero-order chi connectivity index (χ0) is 10.3. The average Bonchev–Trinajstić information content (AvgIpc) is 2.45. The van der Waals surface area contributed by atoms with E-state index in [0.29, 0.717) is 0 Å². The Hall–Kier alpha value is -0.790. The lowest BCUT2D eigenvalue weighted by molar-refractivity contribution is 0.283. The van der Waals surface area contributed by atoms with E-state index in [-0.39, 0.29) is 5.41 Å². The van der Waals surface area contributed by atoms with Crippen molar-refractivity contribution in [2.75, 3.05) is 0 Å². The van der Waals surface area contributed by atoms with Gasteiger partial charge < -0.3 is 0 Å². The Morgan fingerprint density at radius 3 is 2.43 bits per heavy atom. The highest BCUT2D eigenvalue weighted by atomic mass is 15.1. The maximum absolute atomic E-state index is 4.39. The fourth-order valence-corrected chi connectivity index (χ4v) is 2.09. The second-order valence-electron chi connectivity index (χ2n) is 5.73. The van der Waals surface area contributed by atoms with E-state index in [1.54, 1.807) is 0 Å². The Kier molecular flexibility index (Phi) is 2.17. The largest absolute Gasteiger partial charge is 0.282 e. The average molecular weight is 192 g/mol. The van der Waals surface area contributed by atoms with Crippen LogP contribution in [0.2, 0.25) is 0 Å². The normalized spacial score (nSPS) is 27.4. The van der Waals surface area contributed by atoms with Gasteiger partial charge in [-0.25, -0.2) is 0 Å². The molecular formula is C12H20N2. The van der Waals surface area contributed by atoms with Gasteiger partial charge in [0.05, 0.1) is 5.69 Å². The van der Waals surface area contributed by atoms with Crippen LogP contribution in [0.5, 0.6) is 0 Å². The van der Waals surface area contributed by atoms with E-state index < -0.39 is 0 Å². The Labute approximate surface area is 86.1 Å². The Bertz CT molecular complexity index is 313. The molecule has 14 heavy (non-hydrogen) atoms. The van der Waals surface area contributed by atoms with Crippen molar-refractivity contribution in [3.63, 3.8) is 0 Å². The highest BCUT2D eigenvalue weighted by Crippen LogP contribution is 2.40. The number of nitrogens with zero attached hydrogens (tertiary/aromatic N) is 1. The summed E-state index contributed by atoms with van der Waals surface area (Å²) >= 11 is 0. The lowest BCUT2D eigenvalue weighted by Gasteiger charge is -2.31. The Morgan fingerprint density at radius 1 is 1.36 bits per heavy atom. The van der Waals surface area contributed by atoms with E-state index >= 15 is 0 Å². The molecule has 0 bridgehead atoms. The van der Waals surface area contributed by atoms with Crippen LogP contribution < -0.4 is 0 Å². The number of aromatic amines is 1. The van der Waals surface area contributed by atoms with Crippen LogP contribution in [0, 0.1) is 5.92 Å². The van der Waals surface area contributed by atoms with Gasteiger partial charge in [0.15, 0.2) is 0 Å². The van der Waals surface area contributed by atoms with Crippen LogP contribution >= 0.6 is 0 Å². The molecule has 1 aliphatic carbocycles. The maximum atomic E-state index is 4.39. The molecule has 0 radical (unpaired) electrons. The minimum absolute atomic E-state index is 0.171. The first-order valence-corrected chi connectivity index (χ1v) is 5.52. The number of nitrogens with one attached hydrogen (secondary N) is 1. The summed E-state index contributed by atoms with van der Waals surface area (Å²) in [5.41, 5.74) is 2.70. The third-order valence-electron chi connectivity index (χ3n) is 3.18. The third kappa shape index (κ3) is 1.70. The first-order valence-electron chi connectivity index (χ1n) is 5.52. The molecule has 78 valence electrons. The molecule has 2 heteroatoms. The maximum Gasteiger partial charge on any atom is 0.0678 e. The quantitative estimate of drug-likeness (QED) is 0.727. The number of hydrogen-bond acceptors (Lipinski definition) is 1. The lowest BCUT2D eigenvalue weighted by atomic mass is 9.74. The second-order valence-corrected chi connectivity index (χ2v) is 5.73. The van der Waals surface area contributed by atoms with Gasteiger partial charge in [-0.05, 0) is 24.8 Å². The summed E-state index contributed by atoms with van der Waals surface area (Å²) in [5, 5.41) is 7.58.